The van der Waals surface area contributed by atoms with E-state index in [1.807, 2.05) is 33.9 Å². The molecule has 0 N–H and O–H groups in total. The first-order chi connectivity index (χ1) is 4.36. The number of halogens is 1. The lowest BCUT2D eigenvalue weighted by Gasteiger charge is -2.31. The van der Waals surface area contributed by atoms with Gasteiger partial charge in [-0.25, -0.2) is 0 Å². The molecule has 0 aliphatic carbocycles. The average Bonchev–Trinajstić information content (AvgIpc) is 1.95. The Kier molecular flexibility index (Phi) is 1.57. The minimum Gasteiger partial charge on any atom is -0.273 e. The van der Waals surface area contributed by atoms with Crippen LogP contribution in [0.2, 0.25) is 0 Å². The van der Waals surface area contributed by atoms with Crippen LogP contribution in [0.25, 0.3) is 0 Å². The third-order valence-corrected chi connectivity index (χ3v) is 2.53. The van der Waals surface area contributed by atoms with Crippen LogP contribution in [-0.4, -0.2) is 21.8 Å². The molecule has 0 spiro atoms. The molecule has 1 aliphatic heterocycles. The quantitative estimate of drug-likeness (QED) is 0.496. The molecule has 0 bridgehead atoms. The Morgan fingerprint density at radius 1 is 1.30 bits per heavy atom. The van der Waals surface area contributed by atoms with Crippen LogP contribution in [-0.2, 0) is 0 Å². The molecule has 2 nitrogen and oxygen atoms in total. The second kappa shape index (κ2) is 1.95. The van der Waals surface area contributed by atoms with Crippen LogP contribution in [0.1, 0.15) is 27.7 Å². The van der Waals surface area contributed by atoms with Gasteiger partial charge in [0.05, 0.1) is 5.54 Å². The highest BCUT2D eigenvalue weighted by Crippen LogP contribution is 2.32. The van der Waals surface area contributed by atoms with Crippen LogP contribution in [0.15, 0.2) is 4.99 Å². The molecule has 0 unspecified atom stereocenters. The largest absolute Gasteiger partial charge is 0.273 e. The summed E-state index contributed by atoms with van der Waals surface area (Å²) in [5.74, 6) is 0. The fraction of sp³-hybridized carbons (Fsp3) is 0.857. The Morgan fingerprint density at radius 3 is 1.90 bits per heavy atom. The SMILES string of the molecule is CC1(C)C=NC(C)(C)N1Cl. The maximum atomic E-state index is 6.00. The molecule has 58 valence electrons. The number of nitrogens with zero attached hydrogens (tertiary/aromatic N) is 2. The van der Waals surface area contributed by atoms with E-state index in [2.05, 4.69) is 4.99 Å². The van der Waals surface area contributed by atoms with Crippen LogP contribution in [0.4, 0.5) is 0 Å². The van der Waals surface area contributed by atoms with Gasteiger partial charge in [0.15, 0.2) is 0 Å². The molecule has 0 amide bonds. The Labute approximate surface area is 67.0 Å². The van der Waals surface area contributed by atoms with Crippen molar-refractivity contribution in [1.82, 2.24) is 4.42 Å². The summed E-state index contributed by atoms with van der Waals surface area (Å²) in [6, 6.07) is 0. The lowest BCUT2D eigenvalue weighted by molar-refractivity contribution is 0.204. The predicted octanol–water partition coefficient (Wildman–Crippen LogP) is 2.04. The minimum absolute atomic E-state index is 0.106. The van der Waals surface area contributed by atoms with Gasteiger partial charge in [0.1, 0.15) is 5.66 Å². The van der Waals surface area contributed by atoms with E-state index in [4.69, 9.17) is 11.8 Å². The number of rotatable bonds is 0. The Balaban J connectivity index is 2.88. The summed E-state index contributed by atoms with van der Waals surface area (Å²) in [5.41, 5.74) is -0.351. The zero-order valence-corrected chi connectivity index (χ0v) is 7.61. The molecular weight excluding hydrogens is 148 g/mol. The Bertz CT molecular complexity index is 154. The first-order valence-electron chi connectivity index (χ1n) is 3.39. The number of aliphatic imine (C=N–C) groups is 1. The van der Waals surface area contributed by atoms with Crippen molar-refractivity contribution in [2.24, 2.45) is 4.99 Å². The van der Waals surface area contributed by atoms with Crippen LogP contribution < -0.4 is 0 Å². The first kappa shape index (κ1) is 8.02. The van der Waals surface area contributed by atoms with E-state index < -0.39 is 0 Å². The fourth-order valence-electron chi connectivity index (χ4n) is 1.12. The Morgan fingerprint density at radius 2 is 1.80 bits per heavy atom. The zero-order chi connectivity index (χ0) is 7.99. The molecule has 1 heterocycles. The molecule has 0 fully saturated rings. The summed E-state index contributed by atoms with van der Waals surface area (Å²) in [6.45, 7) is 8.06. The number of hydrogen-bond acceptors (Lipinski definition) is 2. The molecule has 0 aromatic carbocycles. The zero-order valence-electron chi connectivity index (χ0n) is 6.85. The lowest BCUT2D eigenvalue weighted by Crippen LogP contribution is -2.43. The molecule has 0 aromatic rings. The average molecular weight is 161 g/mol. The van der Waals surface area contributed by atoms with Crippen LogP contribution >= 0.6 is 11.8 Å². The van der Waals surface area contributed by atoms with Crippen LogP contribution in [0, 0.1) is 0 Å². The van der Waals surface area contributed by atoms with Crippen molar-refractivity contribution in [3.05, 3.63) is 0 Å². The topological polar surface area (TPSA) is 15.6 Å². The second-order valence-electron chi connectivity index (χ2n) is 3.69. The van der Waals surface area contributed by atoms with E-state index in [-0.39, 0.29) is 11.2 Å². The van der Waals surface area contributed by atoms with Crippen LogP contribution in [0.5, 0.6) is 0 Å². The highest BCUT2D eigenvalue weighted by molar-refractivity contribution is 6.16. The van der Waals surface area contributed by atoms with E-state index >= 15 is 0 Å². The van der Waals surface area contributed by atoms with Gasteiger partial charge in [0, 0.05) is 6.21 Å². The van der Waals surface area contributed by atoms with Gasteiger partial charge < -0.3 is 0 Å². The molecule has 0 atom stereocenters. The smallest absolute Gasteiger partial charge is 0.121 e. The van der Waals surface area contributed by atoms with E-state index in [1.54, 1.807) is 4.42 Å². The molecule has 1 rings (SSSR count). The molecule has 0 saturated heterocycles. The lowest BCUT2D eigenvalue weighted by atomic mass is 10.1. The molecule has 0 radical (unpaired) electrons. The summed E-state index contributed by atoms with van der Waals surface area (Å²) in [6.07, 6.45) is 1.89. The monoisotopic (exact) mass is 160 g/mol. The summed E-state index contributed by atoms with van der Waals surface area (Å²) in [4.78, 5) is 4.27. The van der Waals surface area contributed by atoms with Crippen molar-refractivity contribution in [3.63, 3.8) is 0 Å². The van der Waals surface area contributed by atoms with Crippen molar-refractivity contribution < 1.29 is 0 Å². The van der Waals surface area contributed by atoms with Gasteiger partial charge in [0.25, 0.3) is 0 Å². The van der Waals surface area contributed by atoms with Gasteiger partial charge in [-0.05, 0) is 39.5 Å². The maximum Gasteiger partial charge on any atom is 0.121 e. The van der Waals surface area contributed by atoms with Gasteiger partial charge in [-0.15, -0.1) is 0 Å². The summed E-state index contributed by atoms with van der Waals surface area (Å²) in [5, 5.41) is 0. The molecule has 3 heteroatoms. The van der Waals surface area contributed by atoms with E-state index in [0.717, 1.165) is 0 Å². The van der Waals surface area contributed by atoms with Crippen molar-refractivity contribution in [2.75, 3.05) is 0 Å². The molecule has 0 aromatic heterocycles. The highest BCUT2D eigenvalue weighted by atomic mass is 35.5. The summed E-state index contributed by atoms with van der Waals surface area (Å²) >= 11 is 6.00. The van der Waals surface area contributed by atoms with Gasteiger partial charge in [-0.2, -0.15) is 4.42 Å². The molecule has 10 heavy (non-hydrogen) atoms. The summed E-state index contributed by atoms with van der Waals surface area (Å²) < 4.78 is 1.74. The second-order valence-corrected chi connectivity index (χ2v) is 4.03. The van der Waals surface area contributed by atoms with Gasteiger partial charge in [-0.3, -0.25) is 4.99 Å². The van der Waals surface area contributed by atoms with Crippen molar-refractivity contribution in [2.45, 2.75) is 38.9 Å². The maximum absolute atomic E-state index is 6.00. The van der Waals surface area contributed by atoms with Crippen LogP contribution in [0.3, 0.4) is 0 Å². The molecule has 1 aliphatic rings. The number of hydrogen-bond donors (Lipinski definition) is 0. The molecule has 0 saturated carbocycles. The van der Waals surface area contributed by atoms with Gasteiger partial charge in [0.2, 0.25) is 0 Å². The Hall–Kier alpha value is -0.0800. The molecular formula is C7H13ClN2. The normalized spacial score (nSPS) is 29.3. The standard InChI is InChI=1S/C7H13ClN2/c1-6(2)5-9-7(3,4)10(6)8/h5H,1-4H3. The van der Waals surface area contributed by atoms with Gasteiger partial charge in [-0.1, -0.05) is 0 Å². The van der Waals surface area contributed by atoms with E-state index in [0.29, 0.717) is 0 Å². The minimum atomic E-state index is -0.245. The van der Waals surface area contributed by atoms with E-state index in [1.165, 1.54) is 0 Å². The van der Waals surface area contributed by atoms with Crippen molar-refractivity contribution in [1.29, 1.82) is 0 Å². The van der Waals surface area contributed by atoms with E-state index in [9.17, 15) is 0 Å². The van der Waals surface area contributed by atoms with Gasteiger partial charge >= 0.3 is 0 Å². The fourth-order valence-corrected chi connectivity index (χ4v) is 1.21. The predicted molar refractivity (Wildman–Crippen MR) is 44.3 cm³/mol. The van der Waals surface area contributed by atoms with Crippen molar-refractivity contribution in [3.8, 4) is 0 Å². The third-order valence-electron chi connectivity index (χ3n) is 1.68. The summed E-state index contributed by atoms with van der Waals surface area (Å²) in [7, 11) is 0. The third kappa shape index (κ3) is 1.06. The highest BCUT2D eigenvalue weighted by Gasteiger charge is 2.40. The van der Waals surface area contributed by atoms with Crippen molar-refractivity contribution >= 4 is 18.0 Å². The first-order valence-corrected chi connectivity index (χ1v) is 3.72.